The largest absolute Gasteiger partial charge is 0.459 e. The predicted octanol–water partition coefficient (Wildman–Crippen LogP) is 4.24. The smallest absolute Gasteiger partial charge is 0.416 e. The third-order valence-electron chi connectivity index (χ3n) is 4.25. The fraction of sp³-hybridized carbons (Fsp3) is 0.316. The third-order valence-corrected chi connectivity index (χ3v) is 4.25. The van der Waals surface area contributed by atoms with E-state index in [0.29, 0.717) is 6.42 Å². The van der Waals surface area contributed by atoms with Crippen molar-refractivity contribution < 1.29 is 27.5 Å². The topological polar surface area (TPSA) is 38.8 Å². The maximum absolute atomic E-state index is 12.7. The molecular formula is C19H18F3NO3. The number of carbonyl (C=O) groups excluding carboxylic acids is 1. The molecule has 0 spiro atoms. The minimum Gasteiger partial charge on any atom is -0.459 e. The van der Waals surface area contributed by atoms with Gasteiger partial charge in [-0.1, -0.05) is 36.4 Å². The highest BCUT2D eigenvalue weighted by molar-refractivity contribution is 5.89. The van der Waals surface area contributed by atoms with Crippen molar-refractivity contribution in [3.63, 3.8) is 0 Å². The van der Waals surface area contributed by atoms with E-state index in [1.54, 1.807) is 12.1 Å². The van der Waals surface area contributed by atoms with Crippen LogP contribution < -0.4 is 0 Å². The maximum Gasteiger partial charge on any atom is 0.416 e. The second-order valence-electron chi connectivity index (χ2n) is 6.11. The molecule has 1 fully saturated rings. The Bertz CT molecular complexity index is 764. The summed E-state index contributed by atoms with van der Waals surface area (Å²) in [6.45, 7) is -0.0250. The summed E-state index contributed by atoms with van der Waals surface area (Å²) in [6.07, 6.45) is -4.23. The lowest BCUT2D eigenvalue weighted by Crippen LogP contribution is -2.21. The van der Waals surface area contributed by atoms with Crippen LogP contribution in [0.25, 0.3) is 0 Å². The van der Waals surface area contributed by atoms with E-state index in [-0.39, 0.29) is 24.3 Å². The number of hydrogen-bond donors (Lipinski definition) is 0. The Hall–Kier alpha value is -2.38. The van der Waals surface area contributed by atoms with Gasteiger partial charge in [-0.15, -0.1) is 0 Å². The summed E-state index contributed by atoms with van der Waals surface area (Å²) in [6, 6.07) is 14.0. The summed E-state index contributed by atoms with van der Waals surface area (Å²) in [5, 5.41) is 1.71. The molecule has 0 amide bonds. The van der Waals surface area contributed by atoms with Crippen molar-refractivity contribution in [1.82, 2.24) is 5.06 Å². The van der Waals surface area contributed by atoms with E-state index in [1.165, 1.54) is 12.1 Å². The zero-order chi connectivity index (χ0) is 18.7. The average Bonchev–Trinajstić information content (AvgIpc) is 3.00. The van der Waals surface area contributed by atoms with Crippen molar-refractivity contribution in [2.45, 2.75) is 24.7 Å². The van der Waals surface area contributed by atoms with Crippen LogP contribution in [0.5, 0.6) is 0 Å². The first kappa shape index (κ1) is 18.4. The summed E-state index contributed by atoms with van der Waals surface area (Å²) < 4.78 is 43.4. The lowest BCUT2D eigenvalue weighted by molar-refractivity contribution is -0.153. The Kier molecular flexibility index (Phi) is 5.29. The van der Waals surface area contributed by atoms with Crippen molar-refractivity contribution >= 4 is 5.97 Å². The van der Waals surface area contributed by atoms with E-state index < -0.39 is 17.7 Å². The number of hydrogen-bond acceptors (Lipinski definition) is 4. The monoisotopic (exact) mass is 365 g/mol. The van der Waals surface area contributed by atoms with E-state index in [2.05, 4.69) is 0 Å². The fourth-order valence-corrected chi connectivity index (χ4v) is 2.94. The predicted molar refractivity (Wildman–Crippen MR) is 88.2 cm³/mol. The quantitative estimate of drug-likeness (QED) is 0.760. The number of ether oxygens (including phenoxy) is 1. The van der Waals surface area contributed by atoms with E-state index in [9.17, 15) is 18.0 Å². The van der Waals surface area contributed by atoms with Gasteiger partial charge in [0.1, 0.15) is 12.7 Å². The molecule has 4 nitrogen and oxygen atoms in total. The number of carbonyl (C=O) groups is 1. The van der Waals surface area contributed by atoms with Gasteiger partial charge in [0.2, 0.25) is 0 Å². The van der Waals surface area contributed by atoms with Gasteiger partial charge in [0.15, 0.2) is 0 Å². The molecule has 0 aromatic heterocycles. The Morgan fingerprint density at radius 1 is 1.19 bits per heavy atom. The van der Waals surface area contributed by atoms with Gasteiger partial charge in [0.25, 0.3) is 0 Å². The van der Waals surface area contributed by atoms with Gasteiger partial charge in [0, 0.05) is 13.5 Å². The summed E-state index contributed by atoms with van der Waals surface area (Å²) in [4.78, 5) is 17.7. The molecule has 0 radical (unpaired) electrons. The van der Waals surface area contributed by atoms with Crippen LogP contribution in [0.1, 0.15) is 33.9 Å². The summed E-state index contributed by atoms with van der Waals surface area (Å²) in [5.41, 5.74) is 0.0698. The van der Waals surface area contributed by atoms with Gasteiger partial charge in [0.05, 0.1) is 17.2 Å². The van der Waals surface area contributed by atoms with Gasteiger partial charge in [-0.2, -0.15) is 18.2 Å². The maximum atomic E-state index is 12.7. The van der Waals surface area contributed by atoms with Crippen LogP contribution in [0, 0.1) is 0 Å². The zero-order valence-corrected chi connectivity index (χ0v) is 14.1. The minimum atomic E-state index is -4.50. The standard InChI is InChI=1S/C19H18F3NO3/c1-23-17(13-6-3-2-4-7-13)11-16(26-23)12-25-18(24)14-8-5-9-15(10-14)19(20,21)22/h2-10,16-17H,11-12H2,1H3/t16-,17+/m1/s1. The first-order valence-corrected chi connectivity index (χ1v) is 8.13. The molecule has 1 heterocycles. The van der Waals surface area contributed by atoms with Gasteiger partial charge in [-0.3, -0.25) is 4.84 Å². The lowest BCUT2D eigenvalue weighted by Gasteiger charge is -2.17. The molecule has 0 saturated carbocycles. The van der Waals surface area contributed by atoms with Crippen molar-refractivity contribution in [3.05, 3.63) is 71.3 Å². The molecule has 1 saturated heterocycles. The van der Waals surface area contributed by atoms with E-state index in [4.69, 9.17) is 9.57 Å². The Morgan fingerprint density at radius 3 is 2.62 bits per heavy atom. The molecular weight excluding hydrogens is 347 g/mol. The fourth-order valence-electron chi connectivity index (χ4n) is 2.94. The van der Waals surface area contributed by atoms with Gasteiger partial charge in [-0.05, 0) is 23.8 Å². The average molecular weight is 365 g/mol. The van der Waals surface area contributed by atoms with Gasteiger partial charge >= 0.3 is 12.1 Å². The normalized spacial score (nSPS) is 20.9. The molecule has 1 aliphatic rings. The van der Waals surface area contributed by atoms with Crippen molar-refractivity contribution in [3.8, 4) is 0 Å². The van der Waals surface area contributed by atoms with Crippen molar-refractivity contribution in [1.29, 1.82) is 0 Å². The molecule has 1 aliphatic heterocycles. The van der Waals surface area contributed by atoms with Crippen LogP contribution in [-0.4, -0.2) is 30.8 Å². The second kappa shape index (κ2) is 7.47. The Labute approximate surface area is 149 Å². The van der Waals surface area contributed by atoms with Crippen LogP contribution in [0.15, 0.2) is 54.6 Å². The SMILES string of the molecule is CN1O[C@@H](COC(=O)c2cccc(C(F)(F)F)c2)C[C@H]1c1ccccc1. The molecule has 7 heteroatoms. The highest BCUT2D eigenvalue weighted by atomic mass is 19.4. The molecule has 3 rings (SSSR count). The Balaban J connectivity index is 1.59. The highest BCUT2D eigenvalue weighted by Gasteiger charge is 2.33. The molecule has 26 heavy (non-hydrogen) atoms. The molecule has 2 aromatic rings. The Morgan fingerprint density at radius 2 is 1.92 bits per heavy atom. The first-order chi connectivity index (χ1) is 12.3. The number of nitrogens with zero attached hydrogens (tertiary/aromatic N) is 1. The lowest BCUT2D eigenvalue weighted by atomic mass is 10.0. The molecule has 138 valence electrons. The number of benzene rings is 2. The number of esters is 1. The van der Waals surface area contributed by atoms with Gasteiger partial charge < -0.3 is 4.74 Å². The van der Waals surface area contributed by atoms with Crippen molar-refractivity contribution in [2.24, 2.45) is 0 Å². The van der Waals surface area contributed by atoms with Crippen LogP contribution in [0.4, 0.5) is 13.2 Å². The number of hydroxylamine groups is 2. The molecule has 0 bridgehead atoms. The van der Waals surface area contributed by atoms with Gasteiger partial charge in [-0.25, -0.2) is 4.79 Å². The number of alkyl halides is 3. The molecule has 2 atom stereocenters. The first-order valence-electron chi connectivity index (χ1n) is 8.13. The van der Waals surface area contributed by atoms with Crippen LogP contribution in [0.2, 0.25) is 0 Å². The highest BCUT2D eigenvalue weighted by Crippen LogP contribution is 2.33. The second-order valence-corrected chi connectivity index (χ2v) is 6.11. The molecule has 2 aromatic carbocycles. The number of halogens is 3. The van der Waals surface area contributed by atoms with Crippen molar-refractivity contribution in [2.75, 3.05) is 13.7 Å². The zero-order valence-electron chi connectivity index (χ0n) is 14.1. The van der Waals surface area contributed by atoms with E-state index in [1.807, 2.05) is 30.3 Å². The van der Waals surface area contributed by atoms with Crippen LogP contribution in [-0.2, 0) is 15.8 Å². The van der Waals surface area contributed by atoms with E-state index >= 15 is 0 Å². The molecule has 0 N–H and O–H groups in total. The van der Waals surface area contributed by atoms with E-state index in [0.717, 1.165) is 17.7 Å². The third kappa shape index (κ3) is 4.23. The number of rotatable bonds is 4. The van der Waals surface area contributed by atoms with Crippen LogP contribution >= 0.6 is 0 Å². The summed E-state index contributed by atoms with van der Waals surface area (Å²) >= 11 is 0. The summed E-state index contributed by atoms with van der Waals surface area (Å²) in [5.74, 6) is -0.800. The summed E-state index contributed by atoms with van der Waals surface area (Å²) in [7, 11) is 1.80. The van der Waals surface area contributed by atoms with Crippen LogP contribution in [0.3, 0.4) is 0 Å². The molecule has 0 unspecified atom stereocenters. The molecule has 0 aliphatic carbocycles. The minimum absolute atomic E-state index is 0.0250.